The molecule has 0 saturated carbocycles. The number of rotatable bonds is 6. The minimum Gasteiger partial charge on any atom is -0.497 e. The van der Waals surface area contributed by atoms with Crippen molar-refractivity contribution < 1.29 is 9.47 Å². The fourth-order valence-corrected chi connectivity index (χ4v) is 3.33. The number of hydrogen-bond acceptors (Lipinski definition) is 5. The first kappa shape index (κ1) is 17.8. The lowest BCUT2D eigenvalue weighted by Gasteiger charge is -2.10. The lowest BCUT2D eigenvalue weighted by atomic mass is 10.1. The van der Waals surface area contributed by atoms with Crippen molar-refractivity contribution in [2.75, 3.05) is 14.2 Å². The molecule has 4 nitrogen and oxygen atoms in total. The van der Waals surface area contributed by atoms with Crippen molar-refractivity contribution in [2.24, 2.45) is 0 Å². The minimum atomic E-state index is 0.741. The average molecular weight is 417 g/mol. The Morgan fingerprint density at radius 1 is 0.920 bits per heavy atom. The van der Waals surface area contributed by atoms with Crippen LogP contribution in [0.15, 0.2) is 64.1 Å². The highest BCUT2D eigenvalue weighted by Crippen LogP contribution is 2.32. The van der Waals surface area contributed by atoms with E-state index in [0.29, 0.717) is 0 Å². The van der Waals surface area contributed by atoms with Crippen LogP contribution in [0, 0.1) is 0 Å². The molecule has 6 heteroatoms. The molecule has 3 aromatic rings. The Hall–Kier alpha value is -2.05. The molecule has 0 atom stereocenters. The van der Waals surface area contributed by atoms with E-state index in [0.717, 1.165) is 38.0 Å². The van der Waals surface area contributed by atoms with Crippen LogP contribution in [0.3, 0.4) is 0 Å². The molecule has 0 amide bonds. The SMILES string of the molecule is COc1ccc(OC)c(-c2ccc(SCc3ccc(Br)cc3)nn2)c1. The van der Waals surface area contributed by atoms with Crippen LogP contribution in [0.25, 0.3) is 11.3 Å². The van der Waals surface area contributed by atoms with Gasteiger partial charge in [-0.1, -0.05) is 39.8 Å². The van der Waals surface area contributed by atoms with Gasteiger partial charge in [0, 0.05) is 15.8 Å². The van der Waals surface area contributed by atoms with Crippen LogP contribution in [0.2, 0.25) is 0 Å². The number of ether oxygens (including phenoxy) is 2. The number of aromatic nitrogens is 2. The Morgan fingerprint density at radius 2 is 1.72 bits per heavy atom. The van der Waals surface area contributed by atoms with Crippen molar-refractivity contribution in [3.63, 3.8) is 0 Å². The Morgan fingerprint density at radius 3 is 2.36 bits per heavy atom. The van der Waals surface area contributed by atoms with E-state index in [-0.39, 0.29) is 0 Å². The Balaban J connectivity index is 1.75. The van der Waals surface area contributed by atoms with E-state index in [9.17, 15) is 0 Å². The normalized spacial score (nSPS) is 10.5. The van der Waals surface area contributed by atoms with Crippen molar-refractivity contribution in [1.82, 2.24) is 10.2 Å². The van der Waals surface area contributed by atoms with Gasteiger partial charge in [0.25, 0.3) is 0 Å². The van der Waals surface area contributed by atoms with Crippen LogP contribution < -0.4 is 9.47 Å². The summed E-state index contributed by atoms with van der Waals surface area (Å²) in [6.45, 7) is 0. The fraction of sp³-hybridized carbons (Fsp3) is 0.158. The highest BCUT2D eigenvalue weighted by atomic mass is 79.9. The van der Waals surface area contributed by atoms with Gasteiger partial charge in [-0.2, -0.15) is 0 Å². The molecule has 1 heterocycles. The van der Waals surface area contributed by atoms with Gasteiger partial charge >= 0.3 is 0 Å². The second-order valence-corrected chi connectivity index (χ2v) is 7.15. The Kier molecular flexibility index (Phi) is 5.94. The van der Waals surface area contributed by atoms with Gasteiger partial charge in [0.2, 0.25) is 0 Å². The third-order valence-corrected chi connectivity index (χ3v) is 5.14. The molecule has 3 rings (SSSR count). The zero-order valence-corrected chi connectivity index (χ0v) is 16.3. The van der Waals surface area contributed by atoms with E-state index in [1.807, 2.05) is 42.5 Å². The third-order valence-electron chi connectivity index (χ3n) is 3.62. The van der Waals surface area contributed by atoms with Gasteiger partial charge in [-0.3, -0.25) is 0 Å². The number of halogens is 1. The van der Waals surface area contributed by atoms with Crippen molar-refractivity contribution in [3.05, 3.63) is 64.6 Å². The molecular weight excluding hydrogens is 400 g/mol. The third kappa shape index (κ3) is 4.52. The molecule has 2 aromatic carbocycles. The minimum absolute atomic E-state index is 0.741. The number of methoxy groups -OCH3 is 2. The molecule has 0 bridgehead atoms. The number of nitrogens with zero attached hydrogens (tertiary/aromatic N) is 2. The molecule has 0 N–H and O–H groups in total. The standard InChI is InChI=1S/C19H17BrN2O2S/c1-23-15-7-9-18(24-2)16(11-15)17-8-10-19(22-21-17)25-12-13-3-5-14(20)6-4-13/h3-11H,12H2,1-2H3. The van der Waals surface area contributed by atoms with Crippen molar-refractivity contribution >= 4 is 27.7 Å². The lowest BCUT2D eigenvalue weighted by molar-refractivity contribution is 0.404. The van der Waals surface area contributed by atoms with Crippen LogP contribution in [-0.4, -0.2) is 24.4 Å². The summed E-state index contributed by atoms with van der Waals surface area (Å²) >= 11 is 5.10. The molecule has 25 heavy (non-hydrogen) atoms. The molecule has 0 aliphatic carbocycles. The average Bonchev–Trinajstić information content (AvgIpc) is 2.67. The van der Waals surface area contributed by atoms with Crippen LogP contribution in [-0.2, 0) is 5.75 Å². The van der Waals surface area contributed by atoms with E-state index in [4.69, 9.17) is 9.47 Å². The Bertz CT molecular complexity index is 839. The fourth-order valence-electron chi connectivity index (χ4n) is 2.29. The quantitative estimate of drug-likeness (QED) is 0.515. The van der Waals surface area contributed by atoms with E-state index < -0.39 is 0 Å². The summed E-state index contributed by atoms with van der Waals surface area (Å²) in [6, 6.07) is 17.8. The summed E-state index contributed by atoms with van der Waals surface area (Å²) in [5.74, 6) is 2.35. The van der Waals surface area contributed by atoms with Crippen LogP contribution in [0.4, 0.5) is 0 Å². The first-order chi connectivity index (χ1) is 12.2. The second kappa shape index (κ2) is 8.36. The van der Waals surface area contributed by atoms with Crippen LogP contribution in [0.1, 0.15) is 5.56 Å². The summed E-state index contributed by atoms with van der Waals surface area (Å²) in [5.41, 5.74) is 2.86. The number of benzene rings is 2. The highest BCUT2D eigenvalue weighted by molar-refractivity contribution is 9.10. The molecule has 0 saturated heterocycles. The maximum absolute atomic E-state index is 5.41. The van der Waals surface area contributed by atoms with Crippen molar-refractivity contribution in [3.8, 4) is 22.8 Å². The van der Waals surface area contributed by atoms with Crippen LogP contribution in [0.5, 0.6) is 11.5 Å². The molecule has 1 aromatic heterocycles. The van der Waals surface area contributed by atoms with E-state index in [2.05, 4.69) is 38.3 Å². The summed E-state index contributed by atoms with van der Waals surface area (Å²) in [7, 11) is 3.28. The van der Waals surface area contributed by atoms with Gasteiger partial charge in [-0.05, 0) is 48.0 Å². The molecule has 0 aliphatic rings. The maximum Gasteiger partial charge on any atom is 0.128 e. The first-order valence-corrected chi connectivity index (χ1v) is 9.41. The topological polar surface area (TPSA) is 44.2 Å². The number of thioether (sulfide) groups is 1. The van der Waals surface area contributed by atoms with Gasteiger partial charge in [0.05, 0.1) is 19.9 Å². The molecule has 0 unspecified atom stereocenters. The molecule has 0 radical (unpaired) electrons. The van der Waals surface area contributed by atoms with Crippen molar-refractivity contribution in [1.29, 1.82) is 0 Å². The van der Waals surface area contributed by atoms with E-state index >= 15 is 0 Å². The predicted molar refractivity (Wildman–Crippen MR) is 104 cm³/mol. The van der Waals surface area contributed by atoms with Crippen molar-refractivity contribution in [2.45, 2.75) is 10.8 Å². The molecular formula is C19H17BrN2O2S. The van der Waals surface area contributed by atoms with Gasteiger partial charge in [-0.15, -0.1) is 10.2 Å². The largest absolute Gasteiger partial charge is 0.497 e. The summed E-state index contributed by atoms with van der Waals surface area (Å²) < 4.78 is 11.8. The molecule has 128 valence electrons. The summed E-state index contributed by atoms with van der Waals surface area (Å²) in [4.78, 5) is 0. The lowest BCUT2D eigenvalue weighted by Crippen LogP contribution is -1.94. The smallest absolute Gasteiger partial charge is 0.128 e. The highest BCUT2D eigenvalue weighted by Gasteiger charge is 2.10. The van der Waals surface area contributed by atoms with Gasteiger partial charge < -0.3 is 9.47 Å². The molecule has 0 aliphatic heterocycles. The zero-order chi connectivity index (χ0) is 17.6. The van der Waals surface area contributed by atoms with Gasteiger partial charge in [-0.25, -0.2) is 0 Å². The monoisotopic (exact) mass is 416 g/mol. The van der Waals surface area contributed by atoms with E-state index in [1.165, 1.54) is 5.56 Å². The van der Waals surface area contributed by atoms with Crippen LogP contribution >= 0.6 is 27.7 Å². The van der Waals surface area contributed by atoms with E-state index in [1.54, 1.807) is 26.0 Å². The summed E-state index contributed by atoms with van der Waals surface area (Å²) in [5, 5.41) is 9.55. The predicted octanol–water partition coefficient (Wildman–Crippen LogP) is 5.22. The van der Waals surface area contributed by atoms with Gasteiger partial charge in [0.1, 0.15) is 16.5 Å². The maximum atomic E-state index is 5.41. The van der Waals surface area contributed by atoms with Gasteiger partial charge in [0.15, 0.2) is 0 Å². The molecule has 0 fully saturated rings. The first-order valence-electron chi connectivity index (χ1n) is 7.63. The Labute approximate surface area is 159 Å². The molecule has 0 spiro atoms. The second-order valence-electron chi connectivity index (χ2n) is 5.24. The summed E-state index contributed by atoms with van der Waals surface area (Å²) in [6.07, 6.45) is 0. The number of hydrogen-bond donors (Lipinski definition) is 0. The zero-order valence-electron chi connectivity index (χ0n) is 13.9.